The molecule has 6 nitrogen and oxygen atoms in total. The van der Waals surface area contributed by atoms with Gasteiger partial charge in [0, 0.05) is 25.5 Å². The van der Waals surface area contributed by atoms with Gasteiger partial charge in [-0.15, -0.1) is 0 Å². The molecule has 6 heteroatoms. The van der Waals surface area contributed by atoms with Crippen molar-refractivity contribution in [3.05, 3.63) is 47.8 Å². The normalized spacial score (nSPS) is 17.4. The number of carboxylic acids is 1. The average molecular weight is 285 g/mol. The van der Waals surface area contributed by atoms with Gasteiger partial charge in [-0.05, 0) is 24.1 Å². The molecule has 1 aliphatic rings. The van der Waals surface area contributed by atoms with Crippen molar-refractivity contribution in [3.63, 3.8) is 0 Å². The molecule has 0 radical (unpaired) electrons. The van der Waals surface area contributed by atoms with Gasteiger partial charge in [0.25, 0.3) is 5.91 Å². The van der Waals surface area contributed by atoms with E-state index in [0.717, 1.165) is 11.3 Å². The predicted octanol–water partition coefficient (Wildman–Crippen LogP) is 1.32. The van der Waals surface area contributed by atoms with Crippen LogP contribution in [-0.4, -0.2) is 33.3 Å². The molecule has 1 N–H and O–H groups in total. The van der Waals surface area contributed by atoms with E-state index in [0.29, 0.717) is 12.1 Å². The molecule has 2 aromatic rings. The first-order chi connectivity index (χ1) is 10.1. The first kappa shape index (κ1) is 13.4. The Morgan fingerprint density at radius 3 is 2.71 bits per heavy atom. The summed E-state index contributed by atoms with van der Waals surface area (Å²) in [7, 11) is 1.69. The number of aliphatic carboxylic acids is 1. The van der Waals surface area contributed by atoms with Crippen LogP contribution in [0.2, 0.25) is 0 Å². The quantitative estimate of drug-likeness (QED) is 0.903. The minimum atomic E-state index is -0.882. The number of anilines is 1. The van der Waals surface area contributed by atoms with Crippen LogP contribution in [0.25, 0.3) is 0 Å². The fourth-order valence-electron chi connectivity index (χ4n) is 2.68. The summed E-state index contributed by atoms with van der Waals surface area (Å²) in [6.07, 6.45) is 2.00. The highest BCUT2D eigenvalue weighted by Gasteiger charge is 2.33. The fraction of sp³-hybridized carbons (Fsp3) is 0.267. The van der Waals surface area contributed by atoms with Crippen molar-refractivity contribution in [1.29, 1.82) is 0 Å². The van der Waals surface area contributed by atoms with Crippen molar-refractivity contribution in [3.8, 4) is 0 Å². The Morgan fingerprint density at radius 1 is 1.29 bits per heavy atom. The van der Waals surface area contributed by atoms with Crippen molar-refractivity contribution in [2.45, 2.75) is 6.42 Å². The van der Waals surface area contributed by atoms with E-state index in [-0.39, 0.29) is 12.5 Å². The lowest BCUT2D eigenvalue weighted by atomic mass is 9.92. The van der Waals surface area contributed by atoms with E-state index in [2.05, 4.69) is 5.10 Å². The van der Waals surface area contributed by atoms with Gasteiger partial charge in [-0.1, -0.05) is 18.2 Å². The molecule has 1 unspecified atom stereocenters. The predicted molar refractivity (Wildman–Crippen MR) is 76.2 cm³/mol. The Hall–Kier alpha value is -2.63. The molecule has 0 saturated carbocycles. The molecule has 1 atom stereocenters. The topological polar surface area (TPSA) is 75.4 Å². The molecular weight excluding hydrogens is 270 g/mol. The van der Waals surface area contributed by atoms with Crippen LogP contribution in [0.5, 0.6) is 0 Å². The Kier molecular flexibility index (Phi) is 3.21. The highest BCUT2D eigenvalue weighted by atomic mass is 16.4. The summed E-state index contributed by atoms with van der Waals surface area (Å²) in [4.78, 5) is 25.6. The second-order valence-electron chi connectivity index (χ2n) is 5.12. The van der Waals surface area contributed by atoms with E-state index in [1.165, 1.54) is 9.58 Å². The first-order valence-corrected chi connectivity index (χ1v) is 6.68. The second kappa shape index (κ2) is 5.05. The summed E-state index contributed by atoms with van der Waals surface area (Å²) in [6, 6.07) is 9.06. The number of carboxylic acid groups (broad SMARTS) is 1. The van der Waals surface area contributed by atoms with Crippen molar-refractivity contribution in [2.24, 2.45) is 13.0 Å². The summed E-state index contributed by atoms with van der Waals surface area (Å²) in [5.41, 5.74) is 2.10. The van der Waals surface area contributed by atoms with Crippen molar-refractivity contribution >= 4 is 17.6 Å². The maximum Gasteiger partial charge on any atom is 0.308 e. The number of rotatable bonds is 2. The zero-order valence-corrected chi connectivity index (χ0v) is 11.6. The summed E-state index contributed by atoms with van der Waals surface area (Å²) >= 11 is 0. The number of para-hydroxylation sites is 1. The highest BCUT2D eigenvalue weighted by Crippen LogP contribution is 2.30. The molecule has 0 fully saturated rings. The molecule has 0 saturated heterocycles. The minimum Gasteiger partial charge on any atom is -0.481 e. The zero-order valence-electron chi connectivity index (χ0n) is 11.6. The summed E-state index contributed by atoms with van der Waals surface area (Å²) in [5, 5.41) is 13.3. The Morgan fingerprint density at radius 2 is 2.05 bits per heavy atom. The van der Waals surface area contributed by atoms with Crippen molar-refractivity contribution in [1.82, 2.24) is 9.78 Å². The number of aromatic nitrogens is 2. The maximum absolute atomic E-state index is 12.7. The minimum absolute atomic E-state index is 0.177. The summed E-state index contributed by atoms with van der Waals surface area (Å²) in [5.74, 6) is -1.70. The maximum atomic E-state index is 12.7. The van der Waals surface area contributed by atoms with Crippen molar-refractivity contribution in [2.75, 3.05) is 11.4 Å². The smallest absolute Gasteiger partial charge is 0.308 e. The van der Waals surface area contributed by atoms with Gasteiger partial charge in [0.2, 0.25) is 0 Å². The van der Waals surface area contributed by atoms with Gasteiger partial charge in [0.15, 0.2) is 0 Å². The van der Waals surface area contributed by atoms with Crippen LogP contribution in [0.1, 0.15) is 16.1 Å². The molecule has 0 bridgehead atoms. The van der Waals surface area contributed by atoms with Crippen molar-refractivity contribution < 1.29 is 14.7 Å². The Balaban J connectivity index is 2.02. The van der Waals surface area contributed by atoms with Gasteiger partial charge >= 0.3 is 5.97 Å². The molecule has 0 spiro atoms. The fourth-order valence-corrected chi connectivity index (χ4v) is 2.68. The average Bonchev–Trinajstić information content (AvgIpc) is 2.91. The number of fused-ring (bicyclic) bond motifs is 1. The first-order valence-electron chi connectivity index (χ1n) is 6.68. The summed E-state index contributed by atoms with van der Waals surface area (Å²) in [6.45, 7) is 0.177. The largest absolute Gasteiger partial charge is 0.481 e. The number of carbonyl (C=O) groups is 2. The zero-order chi connectivity index (χ0) is 15.0. The third-order valence-corrected chi connectivity index (χ3v) is 3.79. The molecule has 108 valence electrons. The lowest BCUT2D eigenvalue weighted by Gasteiger charge is -2.32. The SMILES string of the molecule is Cn1nccc1C(=O)N1CC(C(=O)O)Cc2ccccc21. The number of nitrogens with zero attached hydrogens (tertiary/aromatic N) is 3. The molecule has 3 rings (SSSR count). The van der Waals surface area contributed by atoms with Gasteiger partial charge in [-0.2, -0.15) is 5.10 Å². The number of amides is 1. The van der Waals surface area contributed by atoms with Crippen LogP contribution in [0.3, 0.4) is 0 Å². The monoisotopic (exact) mass is 285 g/mol. The summed E-state index contributed by atoms with van der Waals surface area (Å²) < 4.78 is 1.50. The van der Waals surface area contributed by atoms with Gasteiger partial charge in [0.05, 0.1) is 5.92 Å². The van der Waals surface area contributed by atoms with Crippen LogP contribution in [0, 0.1) is 5.92 Å². The van der Waals surface area contributed by atoms with Gasteiger partial charge in [-0.3, -0.25) is 14.3 Å². The number of benzene rings is 1. The van der Waals surface area contributed by atoms with Gasteiger partial charge in [0.1, 0.15) is 5.69 Å². The molecule has 1 aromatic heterocycles. The van der Waals surface area contributed by atoms with Gasteiger partial charge in [-0.25, -0.2) is 0 Å². The van der Waals surface area contributed by atoms with Crippen LogP contribution >= 0.6 is 0 Å². The molecule has 1 aliphatic heterocycles. The second-order valence-corrected chi connectivity index (χ2v) is 5.12. The van der Waals surface area contributed by atoms with Crippen LogP contribution in [0.15, 0.2) is 36.5 Å². The molecule has 2 heterocycles. The highest BCUT2D eigenvalue weighted by molar-refractivity contribution is 6.06. The van der Waals surface area contributed by atoms with E-state index < -0.39 is 11.9 Å². The van der Waals surface area contributed by atoms with E-state index in [4.69, 9.17) is 0 Å². The van der Waals surface area contributed by atoms with Crippen LogP contribution in [-0.2, 0) is 18.3 Å². The number of aryl methyl sites for hydroxylation is 1. The lowest BCUT2D eigenvalue weighted by molar-refractivity contribution is -0.141. The molecule has 21 heavy (non-hydrogen) atoms. The number of hydrogen-bond acceptors (Lipinski definition) is 3. The molecular formula is C15H15N3O3. The van der Waals surface area contributed by atoms with Crippen LogP contribution < -0.4 is 4.90 Å². The number of hydrogen-bond donors (Lipinski definition) is 1. The third kappa shape index (κ3) is 2.29. The van der Waals surface area contributed by atoms with Crippen LogP contribution in [0.4, 0.5) is 5.69 Å². The van der Waals surface area contributed by atoms with E-state index in [1.54, 1.807) is 19.3 Å². The molecule has 1 aromatic carbocycles. The Bertz CT molecular complexity index is 708. The molecule has 1 amide bonds. The third-order valence-electron chi connectivity index (χ3n) is 3.79. The standard InChI is InChI=1S/C15H15N3O3/c1-17-13(6-7-16-17)14(19)18-9-11(15(20)21)8-10-4-2-3-5-12(10)18/h2-7,11H,8-9H2,1H3,(H,20,21). The van der Waals surface area contributed by atoms with E-state index >= 15 is 0 Å². The van der Waals surface area contributed by atoms with E-state index in [1.807, 2.05) is 24.3 Å². The lowest BCUT2D eigenvalue weighted by Crippen LogP contribution is -2.43. The van der Waals surface area contributed by atoms with Gasteiger partial charge < -0.3 is 10.0 Å². The molecule has 0 aliphatic carbocycles. The Labute approximate surface area is 121 Å². The number of carbonyl (C=O) groups excluding carboxylic acids is 1. The van der Waals surface area contributed by atoms with E-state index in [9.17, 15) is 14.7 Å².